The average Bonchev–Trinajstić information content (AvgIpc) is 2.93. The van der Waals surface area contributed by atoms with E-state index in [0.29, 0.717) is 11.9 Å². The maximum atomic E-state index is 11.5. The van der Waals surface area contributed by atoms with Gasteiger partial charge in [-0.2, -0.15) is 0 Å². The van der Waals surface area contributed by atoms with Crippen molar-refractivity contribution < 1.29 is 14.6 Å². The minimum absolute atomic E-state index is 0.199. The maximum absolute atomic E-state index is 11.5. The highest BCUT2D eigenvalue weighted by Gasteiger charge is 2.35. The largest absolute Gasteiger partial charge is 0.390 e. The number of hydrogen-bond donors (Lipinski definition) is 2. The van der Waals surface area contributed by atoms with Crippen molar-refractivity contribution in [3.63, 3.8) is 0 Å². The summed E-state index contributed by atoms with van der Waals surface area (Å²) in [5, 5.41) is 9.61. The number of nitrogens with zero attached hydrogens (tertiary/aromatic N) is 3. The molecule has 0 unspecified atom stereocenters. The van der Waals surface area contributed by atoms with Crippen molar-refractivity contribution in [2.75, 3.05) is 0 Å². The minimum atomic E-state index is -0.855. The van der Waals surface area contributed by atoms with Gasteiger partial charge in [-0.1, -0.05) is 0 Å². The second-order valence-electron chi connectivity index (χ2n) is 4.05. The topological polar surface area (TPSA) is 110 Å². The highest BCUT2D eigenvalue weighted by Crippen LogP contribution is 2.29. The minimum Gasteiger partial charge on any atom is -0.390 e. The third kappa shape index (κ3) is 1.54. The first-order valence-electron chi connectivity index (χ1n) is 5.39. The van der Waals surface area contributed by atoms with Gasteiger partial charge in [-0.3, -0.25) is 9.36 Å². The molecule has 0 radical (unpaired) electrons. The molecule has 2 aromatic heterocycles. The normalized spacial score (nSPS) is 27.7. The van der Waals surface area contributed by atoms with Gasteiger partial charge in [0, 0.05) is 6.42 Å². The zero-order valence-corrected chi connectivity index (χ0v) is 9.18. The van der Waals surface area contributed by atoms with Gasteiger partial charge in [-0.15, -0.1) is 0 Å². The average molecular weight is 250 g/mol. The number of hydrogen-bond acceptors (Lipinski definition) is 6. The van der Waals surface area contributed by atoms with Crippen molar-refractivity contribution in [3.8, 4) is 0 Å². The van der Waals surface area contributed by atoms with Gasteiger partial charge in [-0.25, -0.2) is 9.97 Å². The van der Waals surface area contributed by atoms with Crippen LogP contribution in [-0.2, 0) is 9.53 Å². The molecule has 3 atom stereocenters. The molecule has 0 amide bonds. The van der Waals surface area contributed by atoms with Crippen molar-refractivity contribution in [2.24, 2.45) is 0 Å². The second kappa shape index (κ2) is 4.00. The number of carbonyl (C=O) groups excluding carboxylic acids is 1. The third-order valence-electron chi connectivity index (χ3n) is 2.95. The molecule has 2 N–H and O–H groups in total. The number of aliphatic hydroxyl groups is 1. The molecule has 3 heterocycles. The molecule has 0 spiro atoms. The van der Waals surface area contributed by atoms with Crippen molar-refractivity contribution in [2.45, 2.75) is 24.9 Å². The Bertz CT molecular complexity index is 649. The van der Waals surface area contributed by atoms with Gasteiger partial charge >= 0.3 is 0 Å². The summed E-state index contributed by atoms with van der Waals surface area (Å²) in [6, 6.07) is 0. The summed E-state index contributed by atoms with van der Waals surface area (Å²) in [6.45, 7) is 0. The van der Waals surface area contributed by atoms with E-state index in [1.807, 2.05) is 0 Å². The van der Waals surface area contributed by atoms with Crippen LogP contribution in [0.4, 0.5) is 0 Å². The van der Waals surface area contributed by atoms with Crippen molar-refractivity contribution in [1.29, 1.82) is 0 Å². The van der Waals surface area contributed by atoms with Crippen LogP contribution in [0.2, 0.25) is 0 Å². The van der Waals surface area contributed by atoms with Crippen LogP contribution in [0.1, 0.15) is 12.6 Å². The van der Waals surface area contributed by atoms with Crippen LogP contribution in [0.15, 0.2) is 17.4 Å². The first-order chi connectivity index (χ1) is 8.70. The Hall–Kier alpha value is -2.06. The number of aromatic amines is 1. The van der Waals surface area contributed by atoms with Gasteiger partial charge in [0.1, 0.15) is 12.3 Å². The predicted octanol–water partition coefficient (Wildman–Crippen LogP) is -1.03. The number of aliphatic hydroxyl groups excluding tert-OH is 1. The first kappa shape index (κ1) is 11.1. The van der Waals surface area contributed by atoms with E-state index in [1.165, 1.54) is 17.2 Å². The monoisotopic (exact) mass is 250 g/mol. The Morgan fingerprint density at radius 2 is 2.39 bits per heavy atom. The summed E-state index contributed by atoms with van der Waals surface area (Å²) < 4.78 is 6.91. The number of carbonyl (C=O) groups is 1. The van der Waals surface area contributed by atoms with Crippen molar-refractivity contribution in [1.82, 2.24) is 19.5 Å². The Balaban J connectivity index is 2.04. The number of imidazole rings is 1. The fourth-order valence-electron chi connectivity index (χ4n) is 2.04. The summed E-state index contributed by atoms with van der Waals surface area (Å²) in [6.07, 6.45) is 1.24. The van der Waals surface area contributed by atoms with Gasteiger partial charge in [-0.05, 0) is 0 Å². The zero-order chi connectivity index (χ0) is 12.7. The molecular weight excluding hydrogens is 240 g/mol. The van der Waals surface area contributed by atoms with Crippen LogP contribution in [0, 0.1) is 0 Å². The number of H-pyrrole nitrogens is 1. The fraction of sp³-hybridized carbons (Fsp3) is 0.400. The lowest BCUT2D eigenvalue weighted by atomic mass is 10.2. The smallest absolute Gasteiger partial charge is 0.278 e. The Labute approximate surface area is 100 Å². The molecule has 18 heavy (non-hydrogen) atoms. The molecule has 1 saturated heterocycles. The lowest BCUT2D eigenvalue weighted by molar-refractivity contribution is -0.122. The highest BCUT2D eigenvalue weighted by molar-refractivity contribution is 5.69. The van der Waals surface area contributed by atoms with Crippen LogP contribution in [-0.4, -0.2) is 43.1 Å². The number of nitrogens with one attached hydrogen (secondary N) is 1. The summed E-state index contributed by atoms with van der Waals surface area (Å²) in [7, 11) is 0. The molecule has 3 rings (SSSR count). The summed E-state index contributed by atoms with van der Waals surface area (Å²) >= 11 is 0. The summed E-state index contributed by atoms with van der Waals surface area (Å²) in [5.74, 6) is 0. The Morgan fingerprint density at radius 3 is 3.11 bits per heavy atom. The van der Waals surface area contributed by atoms with Crippen LogP contribution in [0.3, 0.4) is 0 Å². The molecule has 0 aliphatic carbocycles. The second-order valence-corrected chi connectivity index (χ2v) is 4.05. The number of aromatic nitrogens is 4. The van der Waals surface area contributed by atoms with Crippen LogP contribution in [0.5, 0.6) is 0 Å². The number of rotatable bonds is 2. The molecule has 94 valence electrons. The van der Waals surface area contributed by atoms with Crippen molar-refractivity contribution in [3.05, 3.63) is 23.0 Å². The maximum Gasteiger partial charge on any atom is 0.278 e. The van der Waals surface area contributed by atoms with Crippen LogP contribution < -0.4 is 5.56 Å². The first-order valence-corrected chi connectivity index (χ1v) is 5.39. The Kier molecular flexibility index (Phi) is 2.46. The lowest BCUT2D eigenvalue weighted by Gasteiger charge is -2.11. The standard InChI is InChI=1S/C10H10N4O4/c15-2-6-5(16)1-7(18-6)14-4-13-8-9(14)11-3-12-10(8)17/h2-7,16H,1H2,(H,11,12,17)/t5-,6+,7+/m0/s1. The van der Waals surface area contributed by atoms with Crippen molar-refractivity contribution >= 4 is 17.5 Å². The summed E-state index contributed by atoms with van der Waals surface area (Å²) in [4.78, 5) is 32.5. The van der Waals surface area contributed by atoms with Gasteiger partial charge in [0.25, 0.3) is 5.56 Å². The zero-order valence-electron chi connectivity index (χ0n) is 9.18. The lowest BCUT2D eigenvalue weighted by Crippen LogP contribution is -2.21. The van der Waals surface area contributed by atoms with E-state index in [4.69, 9.17) is 4.74 Å². The summed E-state index contributed by atoms with van der Waals surface area (Å²) in [5.41, 5.74) is 0.219. The molecule has 0 saturated carbocycles. The number of fused-ring (bicyclic) bond motifs is 1. The fourth-order valence-corrected chi connectivity index (χ4v) is 2.04. The molecule has 1 aliphatic rings. The van der Waals surface area contributed by atoms with E-state index in [9.17, 15) is 14.7 Å². The molecule has 0 aromatic carbocycles. The van der Waals surface area contributed by atoms with Crippen LogP contribution in [0.25, 0.3) is 11.2 Å². The molecule has 8 heteroatoms. The van der Waals surface area contributed by atoms with E-state index in [-0.39, 0.29) is 17.5 Å². The SMILES string of the molecule is O=C[C@H]1O[C@@H](n2cnc3c(=O)[nH]cnc32)C[C@@H]1O. The molecule has 1 fully saturated rings. The van der Waals surface area contributed by atoms with Crippen LogP contribution >= 0.6 is 0 Å². The third-order valence-corrected chi connectivity index (χ3v) is 2.95. The Morgan fingerprint density at radius 1 is 1.56 bits per heavy atom. The molecule has 8 nitrogen and oxygen atoms in total. The van der Waals surface area contributed by atoms with E-state index >= 15 is 0 Å². The van der Waals surface area contributed by atoms with E-state index in [0.717, 1.165) is 0 Å². The molecule has 0 bridgehead atoms. The van der Waals surface area contributed by atoms with E-state index in [1.54, 1.807) is 0 Å². The van der Waals surface area contributed by atoms with Gasteiger partial charge in [0.2, 0.25) is 0 Å². The van der Waals surface area contributed by atoms with Gasteiger partial charge < -0.3 is 19.6 Å². The van der Waals surface area contributed by atoms with E-state index in [2.05, 4.69) is 15.0 Å². The van der Waals surface area contributed by atoms with Gasteiger partial charge in [0.15, 0.2) is 17.5 Å². The quantitative estimate of drug-likeness (QED) is 0.659. The number of ether oxygens (including phenoxy) is 1. The molecular formula is C10H10N4O4. The molecule has 1 aliphatic heterocycles. The van der Waals surface area contributed by atoms with Gasteiger partial charge in [0.05, 0.1) is 18.8 Å². The highest BCUT2D eigenvalue weighted by atomic mass is 16.5. The molecule has 2 aromatic rings. The predicted molar refractivity (Wildman–Crippen MR) is 58.7 cm³/mol. The number of aldehydes is 1. The van der Waals surface area contributed by atoms with E-state index < -0.39 is 18.4 Å².